The average Bonchev–Trinajstić information content (AvgIpc) is 2.35. The van der Waals surface area contributed by atoms with E-state index in [0.29, 0.717) is 12.4 Å². The first-order valence-electron chi connectivity index (χ1n) is 4.88. The zero-order valence-corrected chi connectivity index (χ0v) is 11.2. The zero-order chi connectivity index (χ0) is 12.7. The Balaban J connectivity index is 2.52. The highest BCUT2D eigenvalue weighted by molar-refractivity contribution is 9.10. The lowest BCUT2D eigenvalue weighted by atomic mass is 10.3. The number of ether oxygens (including phenoxy) is 3. The highest BCUT2D eigenvalue weighted by Gasteiger charge is 2.01. The van der Waals surface area contributed by atoms with Crippen molar-refractivity contribution >= 4 is 21.9 Å². The molecular formula is C12H13BrO4. The van der Waals surface area contributed by atoms with Crippen molar-refractivity contribution in [3.63, 3.8) is 0 Å². The number of hydrogen-bond acceptors (Lipinski definition) is 4. The first kappa shape index (κ1) is 13.6. The summed E-state index contributed by atoms with van der Waals surface area (Å²) in [6.45, 7) is 0.292. The van der Waals surface area contributed by atoms with Crippen LogP contribution in [0, 0.1) is 0 Å². The summed E-state index contributed by atoms with van der Waals surface area (Å²) in [5, 5.41) is 0. The van der Waals surface area contributed by atoms with E-state index in [1.54, 1.807) is 31.4 Å². The lowest BCUT2D eigenvalue weighted by molar-refractivity contribution is -0.134. The number of methoxy groups -OCH3 is 2. The number of benzene rings is 1. The van der Waals surface area contributed by atoms with Crippen LogP contribution in [-0.2, 0) is 9.53 Å². The highest BCUT2D eigenvalue weighted by Crippen LogP contribution is 2.28. The van der Waals surface area contributed by atoms with E-state index < -0.39 is 5.97 Å². The number of esters is 1. The van der Waals surface area contributed by atoms with Crippen LogP contribution < -0.4 is 9.47 Å². The van der Waals surface area contributed by atoms with Gasteiger partial charge >= 0.3 is 5.97 Å². The molecule has 1 aromatic carbocycles. The molecule has 0 spiro atoms. The molecule has 0 amide bonds. The quantitative estimate of drug-likeness (QED) is 0.619. The molecule has 0 aliphatic heterocycles. The summed E-state index contributed by atoms with van der Waals surface area (Å²) in [5.41, 5.74) is 0. The predicted octanol–water partition coefficient (Wildman–Crippen LogP) is 2.57. The van der Waals surface area contributed by atoms with Gasteiger partial charge in [0.25, 0.3) is 0 Å². The van der Waals surface area contributed by atoms with Gasteiger partial charge in [-0.25, -0.2) is 4.79 Å². The summed E-state index contributed by atoms with van der Waals surface area (Å²) in [4.78, 5) is 10.8. The van der Waals surface area contributed by atoms with Gasteiger partial charge in [-0.1, -0.05) is 0 Å². The molecule has 4 nitrogen and oxygen atoms in total. The average molecular weight is 301 g/mol. The number of carbonyl (C=O) groups excluding carboxylic acids is 1. The minimum Gasteiger partial charge on any atom is -0.497 e. The Morgan fingerprint density at radius 1 is 1.41 bits per heavy atom. The van der Waals surface area contributed by atoms with E-state index in [1.807, 2.05) is 0 Å². The van der Waals surface area contributed by atoms with E-state index in [9.17, 15) is 4.79 Å². The topological polar surface area (TPSA) is 44.8 Å². The second kappa shape index (κ2) is 6.96. The summed E-state index contributed by atoms with van der Waals surface area (Å²) in [6, 6.07) is 5.39. The van der Waals surface area contributed by atoms with Crippen LogP contribution in [0.4, 0.5) is 0 Å². The third-order valence-electron chi connectivity index (χ3n) is 1.93. The monoisotopic (exact) mass is 300 g/mol. The molecule has 0 saturated carbocycles. The van der Waals surface area contributed by atoms with Crippen LogP contribution >= 0.6 is 15.9 Å². The van der Waals surface area contributed by atoms with Gasteiger partial charge in [0.2, 0.25) is 0 Å². The lowest BCUT2D eigenvalue weighted by Gasteiger charge is -2.07. The summed E-state index contributed by atoms with van der Waals surface area (Å²) < 4.78 is 15.7. The van der Waals surface area contributed by atoms with Crippen LogP contribution in [0.3, 0.4) is 0 Å². The maximum absolute atomic E-state index is 10.8. The molecule has 0 heterocycles. The number of rotatable bonds is 5. The minimum atomic E-state index is -0.401. The van der Waals surface area contributed by atoms with Gasteiger partial charge < -0.3 is 14.2 Å². The lowest BCUT2D eigenvalue weighted by Crippen LogP contribution is -1.98. The van der Waals surface area contributed by atoms with E-state index in [2.05, 4.69) is 20.7 Å². The van der Waals surface area contributed by atoms with E-state index in [4.69, 9.17) is 9.47 Å². The highest BCUT2D eigenvalue weighted by atomic mass is 79.9. The van der Waals surface area contributed by atoms with Crippen LogP contribution in [-0.4, -0.2) is 26.8 Å². The van der Waals surface area contributed by atoms with Gasteiger partial charge in [0.15, 0.2) is 0 Å². The summed E-state index contributed by atoms with van der Waals surface area (Å²) in [5.74, 6) is 1.03. The molecule has 0 N–H and O–H groups in total. The largest absolute Gasteiger partial charge is 0.497 e. The predicted molar refractivity (Wildman–Crippen MR) is 67.3 cm³/mol. The van der Waals surface area contributed by atoms with Crippen LogP contribution in [0.25, 0.3) is 0 Å². The molecule has 17 heavy (non-hydrogen) atoms. The van der Waals surface area contributed by atoms with Crippen LogP contribution in [0.1, 0.15) is 0 Å². The Bertz CT molecular complexity index is 415. The third-order valence-corrected chi connectivity index (χ3v) is 2.55. The molecule has 1 rings (SSSR count). The molecule has 0 saturated heterocycles. The van der Waals surface area contributed by atoms with Gasteiger partial charge in [-0.2, -0.15) is 0 Å². The molecule has 0 radical (unpaired) electrons. The molecule has 0 unspecified atom stereocenters. The zero-order valence-electron chi connectivity index (χ0n) is 9.60. The summed E-state index contributed by atoms with van der Waals surface area (Å²) in [7, 11) is 2.93. The molecule has 0 aliphatic rings. The molecule has 0 atom stereocenters. The molecule has 92 valence electrons. The van der Waals surface area contributed by atoms with Crippen molar-refractivity contribution in [2.45, 2.75) is 0 Å². The van der Waals surface area contributed by atoms with E-state index in [0.717, 1.165) is 10.2 Å². The van der Waals surface area contributed by atoms with Gasteiger partial charge in [0, 0.05) is 6.08 Å². The van der Waals surface area contributed by atoms with Crippen molar-refractivity contribution in [1.29, 1.82) is 0 Å². The van der Waals surface area contributed by atoms with Crippen molar-refractivity contribution in [2.75, 3.05) is 20.8 Å². The van der Waals surface area contributed by atoms with E-state index in [1.165, 1.54) is 13.2 Å². The fourth-order valence-electron chi connectivity index (χ4n) is 1.08. The van der Waals surface area contributed by atoms with Crippen LogP contribution in [0.15, 0.2) is 34.8 Å². The maximum atomic E-state index is 10.8. The van der Waals surface area contributed by atoms with Crippen molar-refractivity contribution in [3.05, 3.63) is 34.8 Å². The van der Waals surface area contributed by atoms with E-state index >= 15 is 0 Å². The van der Waals surface area contributed by atoms with Gasteiger partial charge in [-0.05, 0) is 40.2 Å². The fraction of sp³-hybridized carbons (Fsp3) is 0.250. The molecule has 5 heteroatoms. The standard InChI is InChI=1S/C12H13BrO4/c1-15-9-5-6-11(10(13)8-9)17-7-3-4-12(14)16-2/h3-6,8H,7H2,1-2H3/b4-3+. The Labute approximate surface area is 108 Å². The van der Waals surface area contributed by atoms with Crippen molar-refractivity contribution in [3.8, 4) is 11.5 Å². The molecule has 0 bridgehead atoms. The van der Waals surface area contributed by atoms with Crippen LogP contribution in [0.5, 0.6) is 11.5 Å². The van der Waals surface area contributed by atoms with Crippen molar-refractivity contribution in [1.82, 2.24) is 0 Å². The molecular weight excluding hydrogens is 288 g/mol. The Kier molecular flexibility index (Phi) is 5.56. The normalized spacial score (nSPS) is 10.3. The fourth-order valence-corrected chi connectivity index (χ4v) is 1.55. The molecule has 0 aromatic heterocycles. The smallest absolute Gasteiger partial charge is 0.330 e. The third kappa shape index (κ3) is 4.48. The molecule has 0 fully saturated rings. The number of halogens is 1. The number of carbonyl (C=O) groups is 1. The Morgan fingerprint density at radius 3 is 2.76 bits per heavy atom. The van der Waals surface area contributed by atoms with Gasteiger partial charge in [0.05, 0.1) is 18.7 Å². The molecule has 0 aliphatic carbocycles. The van der Waals surface area contributed by atoms with E-state index in [-0.39, 0.29) is 0 Å². The first-order chi connectivity index (χ1) is 8.17. The Morgan fingerprint density at radius 2 is 2.18 bits per heavy atom. The second-order valence-corrected chi connectivity index (χ2v) is 3.89. The number of hydrogen-bond donors (Lipinski definition) is 0. The van der Waals surface area contributed by atoms with Crippen molar-refractivity contribution in [2.24, 2.45) is 0 Å². The second-order valence-electron chi connectivity index (χ2n) is 3.03. The van der Waals surface area contributed by atoms with Gasteiger partial charge in [0.1, 0.15) is 18.1 Å². The SMILES string of the molecule is COC(=O)/C=C/COc1ccc(OC)cc1Br. The Hall–Kier alpha value is -1.49. The summed E-state index contributed by atoms with van der Waals surface area (Å²) >= 11 is 3.36. The summed E-state index contributed by atoms with van der Waals surface area (Å²) in [6.07, 6.45) is 2.90. The van der Waals surface area contributed by atoms with Gasteiger partial charge in [-0.15, -0.1) is 0 Å². The van der Waals surface area contributed by atoms with Gasteiger partial charge in [-0.3, -0.25) is 0 Å². The maximum Gasteiger partial charge on any atom is 0.330 e. The van der Waals surface area contributed by atoms with Crippen LogP contribution in [0.2, 0.25) is 0 Å². The minimum absolute atomic E-state index is 0.292. The van der Waals surface area contributed by atoms with Crippen molar-refractivity contribution < 1.29 is 19.0 Å². The molecule has 1 aromatic rings. The first-order valence-corrected chi connectivity index (χ1v) is 5.67.